The molecule has 1 aromatic heterocycles. The summed E-state index contributed by atoms with van der Waals surface area (Å²) >= 11 is 0. The minimum atomic E-state index is -0.288. The number of carbonyl (C=O) groups is 2. The van der Waals surface area contributed by atoms with Gasteiger partial charge in [0.05, 0.1) is 12.8 Å². The summed E-state index contributed by atoms with van der Waals surface area (Å²) in [5.74, 6) is 1.01. The van der Waals surface area contributed by atoms with E-state index in [1.165, 1.54) is 6.26 Å². The molecule has 33 heavy (non-hydrogen) atoms. The molecular weight excluding hydrogens is 533 g/mol. The van der Waals surface area contributed by atoms with Crippen molar-refractivity contribution in [3.8, 4) is 0 Å². The van der Waals surface area contributed by atoms with Gasteiger partial charge in [-0.05, 0) is 57.5 Å². The predicted molar refractivity (Wildman–Crippen MR) is 140 cm³/mol. The van der Waals surface area contributed by atoms with E-state index in [9.17, 15) is 9.59 Å². The number of aliphatic imine (C=N–C) groups is 1. The van der Waals surface area contributed by atoms with Gasteiger partial charge in [-0.3, -0.25) is 9.59 Å². The molecule has 1 aliphatic heterocycles. The van der Waals surface area contributed by atoms with Crippen molar-refractivity contribution >= 4 is 41.8 Å². The van der Waals surface area contributed by atoms with Gasteiger partial charge in [0.15, 0.2) is 11.7 Å². The van der Waals surface area contributed by atoms with Crippen LogP contribution >= 0.6 is 24.0 Å². The molecule has 2 heterocycles. The zero-order chi connectivity index (χ0) is 23.1. The van der Waals surface area contributed by atoms with Crippen LogP contribution in [0.4, 0.5) is 0 Å². The first kappa shape index (κ1) is 26.7. The van der Waals surface area contributed by atoms with Gasteiger partial charge in [-0.1, -0.05) is 12.1 Å². The number of carbonyl (C=O) groups excluding carboxylic acids is 2. The molecule has 0 atom stereocenters. The Morgan fingerprint density at radius 3 is 2.36 bits per heavy atom. The van der Waals surface area contributed by atoms with Crippen molar-refractivity contribution in [2.24, 2.45) is 4.99 Å². The summed E-state index contributed by atoms with van der Waals surface area (Å²) in [5, 5.41) is 6.33. The summed E-state index contributed by atoms with van der Waals surface area (Å²) in [6.07, 6.45) is 1.52. The topological polar surface area (TPSA) is 90.2 Å². The molecule has 2 aromatic rings. The van der Waals surface area contributed by atoms with E-state index in [2.05, 4.69) is 15.5 Å². The van der Waals surface area contributed by atoms with Crippen LogP contribution in [0.2, 0.25) is 0 Å². The van der Waals surface area contributed by atoms with Crippen molar-refractivity contribution in [1.82, 2.24) is 20.4 Å². The molecule has 0 radical (unpaired) electrons. The van der Waals surface area contributed by atoms with Crippen molar-refractivity contribution in [2.45, 2.75) is 39.8 Å². The Labute approximate surface area is 212 Å². The van der Waals surface area contributed by atoms with Crippen LogP contribution < -0.4 is 10.6 Å². The number of hydrogen-bond donors (Lipinski definition) is 2. The lowest BCUT2D eigenvalue weighted by Crippen LogP contribution is -2.53. The standard InChI is InChI=1S/C24H33N5O3.HI/c1-5-25-23(29-13-11-28(12-14-29)22(31)20-10-7-15-32-20)26-17-18-8-6-9-19(16-18)21(30)27-24(2,3)4;/h6-10,15-16H,5,11-14,17H2,1-4H3,(H,25,26)(H,27,30);1H. The molecule has 1 fully saturated rings. The average Bonchev–Trinajstić information content (AvgIpc) is 3.30. The van der Waals surface area contributed by atoms with Crippen molar-refractivity contribution in [2.75, 3.05) is 32.7 Å². The van der Waals surface area contributed by atoms with E-state index in [0.29, 0.717) is 44.0 Å². The first-order valence-corrected chi connectivity index (χ1v) is 11.0. The fourth-order valence-electron chi connectivity index (χ4n) is 3.49. The molecule has 2 N–H and O–H groups in total. The normalized spacial score (nSPS) is 14.5. The molecule has 1 saturated heterocycles. The summed E-state index contributed by atoms with van der Waals surface area (Å²) in [5.41, 5.74) is 1.31. The molecule has 2 amide bonds. The molecule has 8 nitrogen and oxygen atoms in total. The Bertz CT molecular complexity index is 945. The van der Waals surface area contributed by atoms with E-state index in [1.807, 2.05) is 52.0 Å². The van der Waals surface area contributed by atoms with E-state index in [-0.39, 0.29) is 41.3 Å². The van der Waals surface area contributed by atoms with E-state index in [0.717, 1.165) is 18.1 Å². The number of nitrogens with one attached hydrogen (secondary N) is 2. The SMILES string of the molecule is CCNC(=NCc1cccc(C(=O)NC(C)(C)C)c1)N1CCN(C(=O)c2ccco2)CC1.I. The monoisotopic (exact) mass is 567 g/mol. The second kappa shape index (κ2) is 12.1. The highest BCUT2D eigenvalue weighted by molar-refractivity contribution is 14.0. The maximum atomic E-state index is 12.5. The average molecular weight is 567 g/mol. The zero-order valence-corrected chi connectivity index (χ0v) is 22.1. The maximum absolute atomic E-state index is 12.5. The number of amides is 2. The number of benzene rings is 1. The Balaban J connectivity index is 0.00000385. The Hall–Kier alpha value is -2.56. The summed E-state index contributed by atoms with van der Waals surface area (Å²) < 4.78 is 5.23. The highest BCUT2D eigenvalue weighted by Gasteiger charge is 2.25. The minimum Gasteiger partial charge on any atom is -0.459 e. The first-order chi connectivity index (χ1) is 15.3. The molecule has 9 heteroatoms. The van der Waals surface area contributed by atoms with Crippen LogP contribution in [0.15, 0.2) is 52.1 Å². The molecule has 1 aliphatic rings. The van der Waals surface area contributed by atoms with Gasteiger partial charge in [-0.25, -0.2) is 4.99 Å². The van der Waals surface area contributed by atoms with Crippen LogP contribution in [-0.4, -0.2) is 65.8 Å². The van der Waals surface area contributed by atoms with Gasteiger partial charge in [0, 0.05) is 43.8 Å². The number of halogens is 1. The second-order valence-electron chi connectivity index (χ2n) is 8.83. The molecular formula is C24H34IN5O3. The lowest BCUT2D eigenvalue weighted by Gasteiger charge is -2.36. The van der Waals surface area contributed by atoms with Crippen LogP contribution in [0.3, 0.4) is 0 Å². The van der Waals surface area contributed by atoms with Crippen LogP contribution in [0.1, 0.15) is 54.2 Å². The van der Waals surface area contributed by atoms with Gasteiger partial charge in [-0.2, -0.15) is 0 Å². The molecule has 0 saturated carbocycles. The van der Waals surface area contributed by atoms with E-state index in [4.69, 9.17) is 9.41 Å². The third-order valence-corrected chi connectivity index (χ3v) is 5.02. The molecule has 0 spiro atoms. The molecule has 0 unspecified atom stereocenters. The second-order valence-corrected chi connectivity index (χ2v) is 8.83. The largest absolute Gasteiger partial charge is 0.459 e. The third kappa shape index (κ3) is 7.76. The summed E-state index contributed by atoms with van der Waals surface area (Å²) in [7, 11) is 0. The van der Waals surface area contributed by atoms with Gasteiger partial charge >= 0.3 is 0 Å². The van der Waals surface area contributed by atoms with E-state index < -0.39 is 0 Å². The number of rotatable bonds is 5. The van der Waals surface area contributed by atoms with Crippen LogP contribution in [0, 0.1) is 0 Å². The Morgan fingerprint density at radius 1 is 1.06 bits per heavy atom. The highest BCUT2D eigenvalue weighted by Crippen LogP contribution is 2.12. The molecule has 0 bridgehead atoms. The highest BCUT2D eigenvalue weighted by atomic mass is 127. The van der Waals surface area contributed by atoms with Crippen molar-refractivity contribution in [3.63, 3.8) is 0 Å². The lowest BCUT2D eigenvalue weighted by molar-refractivity contribution is 0.0657. The van der Waals surface area contributed by atoms with Gasteiger partial charge in [-0.15, -0.1) is 24.0 Å². The summed E-state index contributed by atoms with van der Waals surface area (Å²) in [4.78, 5) is 33.7. The maximum Gasteiger partial charge on any atom is 0.289 e. The van der Waals surface area contributed by atoms with Gasteiger partial charge in [0.2, 0.25) is 0 Å². The molecule has 3 rings (SSSR count). The molecule has 180 valence electrons. The number of guanidine groups is 1. The van der Waals surface area contributed by atoms with Gasteiger partial charge < -0.3 is 24.9 Å². The van der Waals surface area contributed by atoms with Crippen LogP contribution in [-0.2, 0) is 6.54 Å². The van der Waals surface area contributed by atoms with E-state index in [1.54, 1.807) is 17.0 Å². The smallest absolute Gasteiger partial charge is 0.289 e. The predicted octanol–water partition coefficient (Wildman–Crippen LogP) is 3.35. The lowest BCUT2D eigenvalue weighted by atomic mass is 10.1. The number of nitrogens with zero attached hydrogens (tertiary/aromatic N) is 3. The quantitative estimate of drug-likeness (QED) is 0.329. The summed E-state index contributed by atoms with van der Waals surface area (Å²) in [6, 6.07) is 11.0. The molecule has 1 aromatic carbocycles. The fraction of sp³-hybridized carbons (Fsp3) is 0.458. The number of furan rings is 1. The van der Waals surface area contributed by atoms with Crippen LogP contribution in [0.5, 0.6) is 0 Å². The first-order valence-electron chi connectivity index (χ1n) is 11.0. The van der Waals surface area contributed by atoms with Gasteiger partial charge in [0.25, 0.3) is 11.8 Å². The Kier molecular flexibility index (Phi) is 9.75. The Morgan fingerprint density at radius 2 is 1.76 bits per heavy atom. The fourth-order valence-corrected chi connectivity index (χ4v) is 3.49. The van der Waals surface area contributed by atoms with Crippen molar-refractivity contribution < 1.29 is 14.0 Å². The number of piperazine rings is 1. The summed E-state index contributed by atoms with van der Waals surface area (Å²) in [6.45, 7) is 11.7. The van der Waals surface area contributed by atoms with E-state index >= 15 is 0 Å². The van der Waals surface area contributed by atoms with Gasteiger partial charge in [0.1, 0.15) is 0 Å². The van der Waals surface area contributed by atoms with Crippen molar-refractivity contribution in [3.05, 3.63) is 59.5 Å². The van der Waals surface area contributed by atoms with Crippen LogP contribution in [0.25, 0.3) is 0 Å². The minimum absolute atomic E-state index is 0. The number of hydrogen-bond acceptors (Lipinski definition) is 4. The van der Waals surface area contributed by atoms with Crippen molar-refractivity contribution in [1.29, 1.82) is 0 Å². The zero-order valence-electron chi connectivity index (χ0n) is 19.8. The molecule has 0 aliphatic carbocycles. The third-order valence-electron chi connectivity index (χ3n) is 5.02.